The van der Waals surface area contributed by atoms with Crippen LogP contribution in [0.15, 0.2) is 61.2 Å². The number of ether oxygens (including phenoxy) is 3. The first-order chi connectivity index (χ1) is 18.4. The molecule has 5 rings (SSSR count). The Bertz CT molecular complexity index is 1600. The van der Waals surface area contributed by atoms with Crippen molar-refractivity contribution < 1.29 is 14.2 Å². The second-order valence-electron chi connectivity index (χ2n) is 8.33. The zero-order valence-electron chi connectivity index (χ0n) is 21.1. The molecule has 3 aromatic heterocycles. The average Bonchev–Trinajstić information content (AvgIpc) is 3.38. The summed E-state index contributed by atoms with van der Waals surface area (Å²) < 4.78 is 18.4. The highest BCUT2D eigenvalue weighted by Gasteiger charge is 2.25. The van der Waals surface area contributed by atoms with Crippen molar-refractivity contribution in [3.05, 3.63) is 76.9 Å². The maximum atomic E-state index is 6.86. The SMILES string of the molecule is COc1cccnc1CN(c1ccc2ncc(-c3cnn(C)c3)nc2c1)c1c(Cl)c(OC)cc(OC)c1Cl. The van der Waals surface area contributed by atoms with Gasteiger partial charge in [0, 0.05) is 36.8 Å². The van der Waals surface area contributed by atoms with Gasteiger partial charge in [-0.2, -0.15) is 5.10 Å². The van der Waals surface area contributed by atoms with Gasteiger partial charge in [-0.15, -0.1) is 0 Å². The largest absolute Gasteiger partial charge is 0.495 e. The molecule has 3 heterocycles. The van der Waals surface area contributed by atoms with Crippen LogP contribution in [0.4, 0.5) is 11.4 Å². The Kier molecular flexibility index (Phi) is 7.22. The Hall–Kier alpha value is -4.08. The summed E-state index contributed by atoms with van der Waals surface area (Å²) in [6.45, 7) is 0.279. The standard InChI is InChI=1S/C27H24Cl2N6O3/c1-34-14-16(12-32-34)20-13-31-18-8-7-17(10-19(18)33-20)35(15-21-22(36-2)6-5-9-30-21)27-25(28)23(37-3)11-24(38-4)26(27)29/h5-14H,15H2,1-4H3. The Morgan fingerprint density at radius 2 is 1.61 bits per heavy atom. The maximum absolute atomic E-state index is 6.86. The van der Waals surface area contributed by atoms with Crippen LogP contribution in [0, 0.1) is 0 Å². The number of nitrogens with zero attached hydrogens (tertiary/aromatic N) is 6. The van der Waals surface area contributed by atoms with Gasteiger partial charge in [-0.05, 0) is 30.3 Å². The molecule has 0 N–H and O–H groups in total. The number of methoxy groups -OCH3 is 3. The molecule has 0 aliphatic carbocycles. The van der Waals surface area contributed by atoms with Crippen molar-refractivity contribution in [2.24, 2.45) is 7.05 Å². The second kappa shape index (κ2) is 10.7. The number of anilines is 2. The van der Waals surface area contributed by atoms with E-state index in [1.165, 1.54) is 14.2 Å². The van der Waals surface area contributed by atoms with E-state index in [0.717, 1.165) is 16.8 Å². The molecule has 0 atom stereocenters. The number of rotatable bonds is 8. The predicted molar refractivity (Wildman–Crippen MR) is 148 cm³/mol. The second-order valence-corrected chi connectivity index (χ2v) is 9.08. The molecule has 5 aromatic rings. The van der Waals surface area contributed by atoms with Gasteiger partial charge in [0.15, 0.2) is 0 Å². The number of aromatic nitrogens is 5. The molecule has 0 spiro atoms. The molecular weight excluding hydrogens is 527 g/mol. The number of pyridine rings is 1. The number of fused-ring (bicyclic) bond motifs is 1. The molecule has 0 aliphatic rings. The van der Waals surface area contributed by atoms with Crippen LogP contribution >= 0.6 is 23.2 Å². The number of benzene rings is 2. The molecule has 194 valence electrons. The molecule has 9 nitrogen and oxygen atoms in total. The summed E-state index contributed by atoms with van der Waals surface area (Å²) >= 11 is 13.7. The molecular formula is C27H24Cl2N6O3. The first-order valence-electron chi connectivity index (χ1n) is 11.5. The Morgan fingerprint density at radius 1 is 0.868 bits per heavy atom. The third kappa shape index (κ3) is 4.78. The van der Waals surface area contributed by atoms with Crippen molar-refractivity contribution in [1.82, 2.24) is 24.7 Å². The van der Waals surface area contributed by atoms with Crippen molar-refractivity contribution in [2.45, 2.75) is 6.54 Å². The van der Waals surface area contributed by atoms with Crippen LogP contribution in [-0.2, 0) is 13.6 Å². The van der Waals surface area contributed by atoms with E-state index in [0.29, 0.717) is 49.9 Å². The normalized spacial score (nSPS) is 11.0. The monoisotopic (exact) mass is 550 g/mol. The highest BCUT2D eigenvalue weighted by atomic mass is 35.5. The van der Waals surface area contributed by atoms with E-state index < -0.39 is 0 Å². The van der Waals surface area contributed by atoms with Crippen LogP contribution in [-0.4, -0.2) is 46.1 Å². The van der Waals surface area contributed by atoms with E-state index in [-0.39, 0.29) is 6.54 Å². The minimum atomic E-state index is 0.279. The summed E-state index contributed by atoms with van der Waals surface area (Å²) in [5.41, 5.74) is 4.92. The molecule has 0 saturated heterocycles. The topological polar surface area (TPSA) is 87.4 Å². The third-order valence-electron chi connectivity index (χ3n) is 6.03. The van der Waals surface area contributed by atoms with Crippen molar-refractivity contribution >= 4 is 45.6 Å². The Balaban J connectivity index is 1.71. The van der Waals surface area contributed by atoms with Crippen LogP contribution in [0.25, 0.3) is 22.3 Å². The summed E-state index contributed by atoms with van der Waals surface area (Å²) in [4.78, 5) is 15.9. The third-order valence-corrected chi connectivity index (χ3v) is 6.77. The van der Waals surface area contributed by atoms with Crippen LogP contribution in [0.3, 0.4) is 0 Å². The van der Waals surface area contributed by atoms with Crippen LogP contribution in [0.1, 0.15) is 5.69 Å². The van der Waals surface area contributed by atoms with E-state index in [9.17, 15) is 0 Å². The molecule has 0 unspecified atom stereocenters. The van der Waals surface area contributed by atoms with Gasteiger partial charge in [-0.25, -0.2) is 4.98 Å². The van der Waals surface area contributed by atoms with Gasteiger partial charge in [0.05, 0.1) is 62.7 Å². The highest BCUT2D eigenvalue weighted by Crippen LogP contribution is 2.49. The van der Waals surface area contributed by atoms with Gasteiger partial charge in [0.2, 0.25) is 0 Å². The first-order valence-corrected chi connectivity index (χ1v) is 12.3. The molecule has 0 amide bonds. The van der Waals surface area contributed by atoms with E-state index in [2.05, 4.69) is 15.1 Å². The first kappa shape index (κ1) is 25.6. The number of aryl methyl sites for hydroxylation is 1. The lowest BCUT2D eigenvalue weighted by atomic mass is 10.1. The predicted octanol–water partition coefficient (Wildman–Crippen LogP) is 6.10. The van der Waals surface area contributed by atoms with Crippen molar-refractivity contribution in [2.75, 3.05) is 26.2 Å². The molecule has 0 saturated carbocycles. The minimum absolute atomic E-state index is 0.279. The van der Waals surface area contributed by atoms with Gasteiger partial charge >= 0.3 is 0 Å². The maximum Gasteiger partial charge on any atom is 0.143 e. The van der Waals surface area contributed by atoms with Gasteiger partial charge in [0.25, 0.3) is 0 Å². The van der Waals surface area contributed by atoms with Crippen LogP contribution < -0.4 is 19.1 Å². The van der Waals surface area contributed by atoms with E-state index in [1.807, 2.05) is 48.5 Å². The lowest BCUT2D eigenvalue weighted by Crippen LogP contribution is -2.19. The zero-order chi connectivity index (χ0) is 26.8. The van der Waals surface area contributed by atoms with Gasteiger partial charge in [-0.1, -0.05) is 23.2 Å². The lowest BCUT2D eigenvalue weighted by Gasteiger charge is -2.28. The molecule has 38 heavy (non-hydrogen) atoms. The molecule has 0 aliphatic heterocycles. The quantitative estimate of drug-likeness (QED) is 0.229. The fraction of sp³-hybridized carbons (Fsp3) is 0.185. The molecule has 0 fully saturated rings. The zero-order valence-corrected chi connectivity index (χ0v) is 22.7. The summed E-state index contributed by atoms with van der Waals surface area (Å²) in [7, 11) is 6.53. The fourth-order valence-corrected chi connectivity index (χ4v) is 4.85. The average molecular weight is 551 g/mol. The molecule has 11 heteroatoms. The highest BCUT2D eigenvalue weighted by molar-refractivity contribution is 6.41. The summed E-state index contributed by atoms with van der Waals surface area (Å²) in [5, 5.41) is 4.89. The minimum Gasteiger partial charge on any atom is -0.495 e. The number of halogens is 2. The number of hydrogen-bond acceptors (Lipinski definition) is 8. The van der Waals surface area contributed by atoms with Crippen LogP contribution in [0.2, 0.25) is 10.0 Å². The molecule has 0 bridgehead atoms. The molecule has 2 aromatic carbocycles. The van der Waals surface area contributed by atoms with E-state index >= 15 is 0 Å². The summed E-state index contributed by atoms with van der Waals surface area (Å²) in [5.74, 6) is 1.46. The van der Waals surface area contributed by atoms with Gasteiger partial charge in [0.1, 0.15) is 33.0 Å². The van der Waals surface area contributed by atoms with Gasteiger partial charge in [-0.3, -0.25) is 14.6 Å². The number of hydrogen-bond donors (Lipinski definition) is 0. The molecule has 0 radical (unpaired) electrons. The smallest absolute Gasteiger partial charge is 0.143 e. The van der Waals surface area contributed by atoms with Gasteiger partial charge < -0.3 is 19.1 Å². The lowest BCUT2D eigenvalue weighted by molar-refractivity contribution is 0.394. The summed E-state index contributed by atoms with van der Waals surface area (Å²) in [6, 6.07) is 11.1. The fourth-order valence-electron chi connectivity index (χ4n) is 4.15. The van der Waals surface area contributed by atoms with Crippen LogP contribution in [0.5, 0.6) is 17.2 Å². The Labute approximate surface area is 229 Å². The Morgan fingerprint density at radius 3 is 2.26 bits per heavy atom. The van der Waals surface area contributed by atoms with Crippen molar-refractivity contribution in [1.29, 1.82) is 0 Å². The van der Waals surface area contributed by atoms with Crippen molar-refractivity contribution in [3.63, 3.8) is 0 Å². The summed E-state index contributed by atoms with van der Waals surface area (Å²) in [6.07, 6.45) is 7.08. The van der Waals surface area contributed by atoms with E-state index in [1.54, 1.807) is 36.4 Å². The van der Waals surface area contributed by atoms with Crippen molar-refractivity contribution in [3.8, 4) is 28.5 Å². The van der Waals surface area contributed by atoms with E-state index in [4.69, 9.17) is 42.4 Å².